The van der Waals surface area contributed by atoms with Crippen molar-refractivity contribution in [1.29, 1.82) is 0 Å². The Morgan fingerprint density at radius 1 is 1.19 bits per heavy atom. The molecular formula is C16H14N6O2S2. The van der Waals surface area contributed by atoms with E-state index >= 15 is 0 Å². The van der Waals surface area contributed by atoms with Crippen molar-refractivity contribution in [2.24, 2.45) is 0 Å². The van der Waals surface area contributed by atoms with Crippen LogP contribution in [0.4, 0.5) is 0 Å². The van der Waals surface area contributed by atoms with Crippen molar-refractivity contribution < 1.29 is 4.79 Å². The summed E-state index contributed by atoms with van der Waals surface area (Å²) >= 11 is 2.88. The molecule has 0 spiro atoms. The van der Waals surface area contributed by atoms with Crippen LogP contribution >= 0.6 is 22.7 Å². The Morgan fingerprint density at radius 3 is 2.73 bits per heavy atom. The zero-order chi connectivity index (χ0) is 18.3. The third-order valence-corrected chi connectivity index (χ3v) is 5.59. The van der Waals surface area contributed by atoms with Gasteiger partial charge >= 0.3 is 5.69 Å². The number of hydrogen-bond acceptors (Lipinski definition) is 7. The van der Waals surface area contributed by atoms with Crippen LogP contribution in [0.1, 0.15) is 21.7 Å². The number of tetrazole rings is 1. The minimum atomic E-state index is -0.436. The Balaban J connectivity index is 1.64. The second kappa shape index (κ2) is 6.46. The number of carbonyl (C=O) groups is 1. The summed E-state index contributed by atoms with van der Waals surface area (Å²) in [6.45, 7) is 3.63. The summed E-state index contributed by atoms with van der Waals surface area (Å²) < 4.78 is 4.21. The molecule has 4 aromatic rings. The largest absolute Gasteiger partial charge is 0.369 e. The maximum Gasteiger partial charge on any atom is 0.369 e. The van der Waals surface area contributed by atoms with Crippen LogP contribution in [-0.2, 0) is 6.54 Å². The SMILES string of the molecule is Cc1cc(C(=O)Cn2nnn(-c3cccs3)c2=O)c(C)n1-c1nccs1. The van der Waals surface area contributed by atoms with Gasteiger partial charge < -0.3 is 0 Å². The molecule has 132 valence electrons. The number of thiophene rings is 1. The molecule has 0 saturated heterocycles. The lowest BCUT2D eigenvalue weighted by atomic mass is 10.1. The third kappa shape index (κ3) is 2.72. The van der Waals surface area contributed by atoms with Gasteiger partial charge in [0.1, 0.15) is 11.5 Å². The Hall–Kier alpha value is -2.85. The summed E-state index contributed by atoms with van der Waals surface area (Å²) in [4.78, 5) is 29.5. The molecule has 0 aromatic carbocycles. The topological polar surface area (TPSA) is 87.6 Å². The molecule has 0 aliphatic heterocycles. The number of ketones is 1. The van der Waals surface area contributed by atoms with Gasteiger partial charge in [-0.25, -0.2) is 9.78 Å². The van der Waals surface area contributed by atoms with Gasteiger partial charge in [0.2, 0.25) is 0 Å². The summed E-state index contributed by atoms with van der Waals surface area (Å²) in [6, 6.07) is 5.41. The Labute approximate surface area is 155 Å². The first-order valence-electron chi connectivity index (χ1n) is 7.75. The minimum absolute atomic E-state index is 0.160. The second-order valence-corrected chi connectivity index (χ2v) is 7.44. The fourth-order valence-corrected chi connectivity index (χ4v) is 4.21. The van der Waals surface area contributed by atoms with Crippen molar-refractivity contribution in [2.45, 2.75) is 20.4 Å². The Kier molecular flexibility index (Phi) is 4.13. The van der Waals surface area contributed by atoms with Gasteiger partial charge in [0.05, 0.1) is 0 Å². The molecule has 26 heavy (non-hydrogen) atoms. The summed E-state index contributed by atoms with van der Waals surface area (Å²) in [5, 5.41) is 12.9. The van der Waals surface area contributed by atoms with Crippen LogP contribution in [0.15, 0.2) is 40.0 Å². The van der Waals surface area contributed by atoms with Crippen LogP contribution in [0, 0.1) is 13.8 Å². The van der Waals surface area contributed by atoms with Gasteiger partial charge in [-0.05, 0) is 47.9 Å². The number of aromatic nitrogens is 6. The lowest BCUT2D eigenvalue weighted by molar-refractivity contribution is 0.0965. The van der Waals surface area contributed by atoms with E-state index in [9.17, 15) is 9.59 Å². The number of thiazole rings is 1. The van der Waals surface area contributed by atoms with E-state index in [1.807, 2.05) is 41.3 Å². The average Bonchev–Trinajstić information content (AvgIpc) is 3.37. The average molecular weight is 386 g/mol. The Bertz CT molecular complexity index is 1120. The fraction of sp³-hybridized carbons (Fsp3) is 0.188. The molecule has 4 aromatic heterocycles. The molecule has 0 aliphatic rings. The number of nitrogens with zero attached hydrogens (tertiary/aromatic N) is 6. The molecule has 0 aliphatic carbocycles. The Morgan fingerprint density at radius 2 is 2.04 bits per heavy atom. The van der Waals surface area contributed by atoms with Crippen molar-refractivity contribution in [3.05, 3.63) is 62.6 Å². The van der Waals surface area contributed by atoms with Gasteiger partial charge in [0, 0.05) is 28.5 Å². The fourth-order valence-electron chi connectivity index (χ4n) is 2.79. The number of aryl methyl sites for hydroxylation is 1. The van der Waals surface area contributed by atoms with E-state index in [0.717, 1.165) is 21.2 Å². The van der Waals surface area contributed by atoms with Gasteiger partial charge in [0.15, 0.2) is 10.9 Å². The lowest BCUT2D eigenvalue weighted by Gasteiger charge is -2.05. The van der Waals surface area contributed by atoms with Crippen LogP contribution in [-0.4, -0.2) is 35.1 Å². The van der Waals surface area contributed by atoms with E-state index in [1.165, 1.54) is 27.4 Å². The number of hydrogen-bond donors (Lipinski definition) is 0. The van der Waals surface area contributed by atoms with Crippen LogP contribution < -0.4 is 5.69 Å². The first-order chi connectivity index (χ1) is 12.6. The van der Waals surface area contributed by atoms with E-state index in [1.54, 1.807) is 12.3 Å². The van der Waals surface area contributed by atoms with Crippen LogP contribution in [0.5, 0.6) is 0 Å². The van der Waals surface area contributed by atoms with Gasteiger partial charge in [-0.1, -0.05) is 0 Å². The zero-order valence-corrected chi connectivity index (χ0v) is 15.6. The van der Waals surface area contributed by atoms with Crippen molar-refractivity contribution in [3.63, 3.8) is 0 Å². The van der Waals surface area contributed by atoms with Gasteiger partial charge in [-0.15, -0.1) is 22.7 Å². The highest BCUT2D eigenvalue weighted by molar-refractivity contribution is 7.12. The highest BCUT2D eigenvalue weighted by Crippen LogP contribution is 2.22. The number of Topliss-reactive ketones (excluding diaryl/α,β-unsaturated/α-hetero) is 1. The maximum atomic E-state index is 12.8. The van der Waals surface area contributed by atoms with Crippen molar-refractivity contribution >= 4 is 28.5 Å². The molecule has 4 rings (SSSR count). The molecule has 0 fully saturated rings. The van der Waals surface area contributed by atoms with E-state index in [0.29, 0.717) is 10.6 Å². The van der Waals surface area contributed by atoms with E-state index < -0.39 is 5.69 Å². The predicted octanol–water partition coefficient (Wildman–Crippen LogP) is 2.24. The number of rotatable bonds is 5. The van der Waals surface area contributed by atoms with Crippen LogP contribution in [0.25, 0.3) is 10.1 Å². The van der Waals surface area contributed by atoms with Crippen LogP contribution in [0.3, 0.4) is 0 Å². The molecule has 8 nitrogen and oxygen atoms in total. The van der Waals surface area contributed by atoms with Crippen molar-refractivity contribution in [1.82, 2.24) is 29.3 Å². The molecule has 0 bridgehead atoms. The predicted molar refractivity (Wildman–Crippen MR) is 98.7 cm³/mol. The molecule has 10 heteroatoms. The van der Waals surface area contributed by atoms with Gasteiger partial charge in [-0.3, -0.25) is 9.36 Å². The second-order valence-electron chi connectivity index (χ2n) is 5.64. The summed E-state index contributed by atoms with van der Waals surface area (Å²) in [5.41, 5.74) is 1.82. The highest BCUT2D eigenvalue weighted by Gasteiger charge is 2.20. The normalized spacial score (nSPS) is 11.2. The third-order valence-electron chi connectivity index (χ3n) is 3.99. The van der Waals surface area contributed by atoms with Gasteiger partial charge in [-0.2, -0.15) is 9.36 Å². The van der Waals surface area contributed by atoms with E-state index in [2.05, 4.69) is 15.4 Å². The van der Waals surface area contributed by atoms with E-state index in [-0.39, 0.29) is 12.3 Å². The zero-order valence-electron chi connectivity index (χ0n) is 14.0. The summed E-state index contributed by atoms with van der Waals surface area (Å²) in [6.07, 6.45) is 1.73. The molecule has 4 heterocycles. The molecule has 0 unspecified atom stereocenters. The molecule has 0 amide bonds. The summed E-state index contributed by atoms with van der Waals surface area (Å²) in [7, 11) is 0. The smallest absolute Gasteiger partial charge is 0.294 e. The van der Waals surface area contributed by atoms with Crippen molar-refractivity contribution in [3.8, 4) is 10.1 Å². The first-order valence-corrected chi connectivity index (χ1v) is 9.51. The first kappa shape index (κ1) is 16.6. The quantitative estimate of drug-likeness (QED) is 0.491. The molecule has 0 atom stereocenters. The molecular weight excluding hydrogens is 372 g/mol. The highest BCUT2D eigenvalue weighted by atomic mass is 32.1. The molecule has 0 saturated carbocycles. The molecule has 0 radical (unpaired) electrons. The lowest BCUT2D eigenvalue weighted by Crippen LogP contribution is -2.27. The maximum absolute atomic E-state index is 12.8. The van der Waals surface area contributed by atoms with Crippen LogP contribution in [0.2, 0.25) is 0 Å². The minimum Gasteiger partial charge on any atom is -0.294 e. The number of carbonyl (C=O) groups excluding carboxylic acids is 1. The standard InChI is InChI=1S/C16H14N6O2S2/c1-10-8-12(11(2)21(10)15-17-5-7-26-15)13(23)9-20-16(24)22(19-18-20)14-4-3-6-25-14/h3-8H,9H2,1-2H3. The van der Waals surface area contributed by atoms with E-state index in [4.69, 9.17) is 0 Å². The van der Waals surface area contributed by atoms with Gasteiger partial charge in [0.25, 0.3) is 0 Å². The molecule has 0 N–H and O–H groups in total. The monoisotopic (exact) mass is 386 g/mol. The van der Waals surface area contributed by atoms with Crippen molar-refractivity contribution in [2.75, 3.05) is 0 Å². The summed E-state index contributed by atoms with van der Waals surface area (Å²) in [5.74, 6) is -0.193.